The fraction of sp³-hybridized carbons (Fsp3) is 0.588. The third-order valence-corrected chi connectivity index (χ3v) is 4.67. The molecule has 2 aromatic rings. The summed E-state index contributed by atoms with van der Waals surface area (Å²) in [7, 11) is 1.56. The smallest absolute Gasteiger partial charge is 0.255 e. The third kappa shape index (κ3) is 3.67. The highest BCUT2D eigenvalue weighted by molar-refractivity contribution is 6.00. The maximum Gasteiger partial charge on any atom is 0.255 e. The number of aromatic amines is 1. The van der Waals surface area contributed by atoms with Crippen LogP contribution in [0.1, 0.15) is 43.0 Å². The minimum Gasteiger partial charge on any atom is -0.496 e. The number of benzene rings is 1. The van der Waals surface area contributed by atoms with E-state index in [0.717, 1.165) is 32.5 Å². The van der Waals surface area contributed by atoms with E-state index in [2.05, 4.69) is 32.6 Å². The number of hydrogen-bond donors (Lipinski definition) is 2. The Morgan fingerprint density at radius 2 is 2.12 bits per heavy atom. The van der Waals surface area contributed by atoms with Crippen molar-refractivity contribution in [3.05, 3.63) is 17.7 Å². The highest BCUT2D eigenvalue weighted by atomic mass is 16.5. The van der Waals surface area contributed by atoms with E-state index in [1.807, 2.05) is 0 Å². The Morgan fingerprint density at radius 3 is 2.88 bits per heavy atom. The van der Waals surface area contributed by atoms with Crippen molar-refractivity contribution in [2.75, 3.05) is 26.7 Å². The summed E-state index contributed by atoms with van der Waals surface area (Å²) in [6, 6.07) is 3.63. The summed E-state index contributed by atoms with van der Waals surface area (Å²) in [4.78, 5) is 15.2. The number of carbonyl (C=O) groups is 1. The quantitative estimate of drug-likeness (QED) is 0.895. The van der Waals surface area contributed by atoms with E-state index in [1.165, 1.54) is 12.8 Å². The summed E-state index contributed by atoms with van der Waals surface area (Å²) in [5.74, 6) is 0.408. The van der Waals surface area contributed by atoms with Gasteiger partial charge in [0.2, 0.25) is 0 Å². The highest BCUT2D eigenvalue weighted by Gasteiger charge is 2.21. The molecule has 0 aliphatic carbocycles. The molecule has 2 heterocycles. The van der Waals surface area contributed by atoms with E-state index in [1.54, 1.807) is 19.2 Å². The van der Waals surface area contributed by atoms with Gasteiger partial charge in [0.1, 0.15) is 16.8 Å². The highest BCUT2D eigenvalue weighted by Crippen LogP contribution is 2.24. The Kier molecular flexibility index (Phi) is 5.30. The molecule has 1 aliphatic heterocycles. The SMILES string of the molecule is CCN1CCCCC[C@@H](NC(=O)c2cc3n[nH]nc3cc2OC)C1. The number of likely N-dealkylation sites (N-methyl/N-ethyl adjacent to an activating group) is 1. The molecule has 1 saturated heterocycles. The second kappa shape index (κ2) is 7.61. The lowest BCUT2D eigenvalue weighted by Crippen LogP contribution is -2.45. The number of aromatic nitrogens is 3. The van der Waals surface area contributed by atoms with Crippen molar-refractivity contribution in [1.82, 2.24) is 25.6 Å². The van der Waals surface area contributed by atoms with Crippen LogP contribution in [0, 0.1) is 0 Å². The van der Waals surface area contributed by atoms with Crippen LogP contribution in [-0.4, -0.2) is 59.0 Å². The summed E-state index contributed by atoms with van der Waals surface area (Å²) >= 11 is 0. The molecule has 0 bridgehead atoms. The minimum absolute atomic E-state index is 0.113. The maximum atomic E-state index is 12.8. The van der Waals surface area contributed by atoms with Gasteiger partial charge in [-0.05, 0) is 32.0 Å². The van der Waals surface area contributed by atoms with E-state index in [0.29, 0.717) is 22.3 Å². The maximum absolute atomic E-state index is 12.8. The average Bonchev–Trinajstić information content (AvgIpc) is 3.03. The first-order valence-electron chi connectivity index (χ1n) is 8.63. The van der Waals surface area contributed by atoms with E-state index >= 15 is 0 Å². The Hall–Kier alpha value is -2.15. The van der Waals surface area contributed by atoms with Crippen molar-refractivity contribution < 1.29 is 9.53 Å². The number of ether oxygens (including phenoxy) is 1. The first-order valence-corrected chi connectivity index (χ1v) is 8.63. The molecule has 0 spiro atoms. The molecule has 1 aromatic carbocycles. The molecule has 2 N–H and O–H groups in total. The topological polar surface area (TPSA) is 83.1 Å². The van der Waals surface area contributed by atoms with Crippen LogP contribution >= 0.6 is 0 Å². The number of rotatable bonds is 4. The fourth-order valence-corrected chi connectivity index (χ4v) is 3.28. The van der Waals surface area contributed by atoms with Crippen molar-refractivity contribution in [2.45, 2.75) is 38.6 Å². The molecular weight excluding hydrogens is 306 g/mol. The summed E-state index contributed by atoms with van der Waals surface area (Å²) in [6.45, 7) is 5.19. The first kappa shape index (κ1) is 16.7. The number of methoxy groups -OCH3 is 1. The molecule has 7 heteroatoms. The normalized spacial score (nSPS) is 19.7. The Bertz CT molecular complexity index is 699. The predicted molar refractivity (Wildman–Crippen MR) is 92.3 cm³/mol. The number of H-pyrrole nitrogens is 1. The molecule has 130 valence electrons. The van der Waals surface area contributed by atoms with Crippen molar-refractivity contribution in [1.29, 1.82) is 0 Å². The molecule has 1 aromatic heterocycles. The summed E-state index contributed by atoms with van der Waals surface area (Å²) in [5.41, 5.74) is 1.85. The van der Waals surface area contributed by atoms with Crippen molar-refractivity contribution in [3.63, 3.8) is 0 Å². The van der Waals surface area contributed by atoms with Crippen LogP contribution < -0.4 is 10.1 Å². The zero-order valence-corrected chi connectivity index (χ0v) is 14.3. The average molecular weight is 331 g/mol. The molecule has 1 fully saturated rings. The Labute approximate surface area is 141 Å². The first-order chi connectivity index (χ1) is 11.7. The Balaban J connectivity index is 1.77. The molecule has 1 amide bonds. The van der Waals surface area contributed by atoms with Crippen LogP contribution in [0.4, 0.5) is 0 Å². The molecule has 0 unspecified atom stereocenters. The monoisotopic (exact) mass is 331 g/mol. The predicted octanol–water partition coefficient (Wildman–Crippen LogP) is 1.96. The largest absolute Gasteiger partial charge is 0.496 e. The van der Waals surface area contributed by atoms with Crippen LogP contribution in [0.15, 0.2) is 12.1 Å². The van der Waals surface area contributed by atoms with Gasteiger partial charge in [-0.3, -0.25) is 4.79 Å². The number of fused-ring (bicyclic) bond motifs is 1. The van der Waals surface area contributed by atoms with Gasteiger partial charge in [-0.2, -0.15) is 15.4 Å². The van der Waals surface area contributed by atoms with Crippen LogP contribution in [0.3, 0.4) is 0 Å². The number of likely N-dealkylation sites (tertiary alicyclic amines) is 1. The summed E-state index contributed by atoms with van der Waals surface area (Å²) < 4.78 is 5.37. The van der Waals surface area contributed by atoms with Crippen LogP contribution in [0.2, 0.25) is 0 Å². The second-order valence-corrected chi connectivity index (χ2v) is 6.28. The molecule has 0 saturated carbocycles. The summed E-state index contributed by atoms with van der Waals surface area (Å²) in [6.07, 6.45) is 4.63. The van der Waals surface area contributed by atoms with Gasteiger partial charge in [0.15, 0.2) is 0 Å². The van der Waals surface area contributed by atoms with Gasteiger partial charge in [-0.1, -0.05) is 19.8 Å². The number of hydrogen-bond acceptors (Lipinski definition) is 5. The van der Waals surface area contributed by atoms with E-state index in [-0.39, 0.29) is 11.9 Å². The zero-order valence-electron chi connectivity index (χ0n) is 14.3. The fourth-order valence-electron chi connectivity index (χ4n) is 3.28. The van der Waals surface area contributed by atoms with Crippen molar-refractivity contribution in [2.24, 2.45) is 0 Å². The van der Waals surface area contributed by atoms with Crippen LogP contribution in [-0.2, 0) is 0 Å². The molecule has 1 aliphatic rings. The minimum atomic E-state index is -0.113. The van der Waals surface area contributed by atoms with Gasteiger partial charge in [-0.15, -0.1) is 0 Å². The van der Waals surface area contributed by atoms with Crippen LogP contribution in [0.25, 0.3) is 11.0 Å². The molecule has 1 atom stereocenters. The second-order valence-electron chi connectivity index (χ2n) is 6.28. The lowest BCUT2D eigenvalue weighted by atomic mass is 10.0. The lowest BCUT2D eigenvalue weighted by Gasteiger charge is -2.29. The number of nitrogens with one attached hydrogen (secondary N) is 2. The zero-order chi connectivity index (χ0) is 16.9. The van der Waals surface area contributed by atoms with E-state index in [9.17, 15) is 4.79 Å². The van der Waals surface area contributed by atoms with Crippen molar-refractivity contribution >= 4 is 16.9 Å². The number of amides is 1. The molecule has 24 heavy (non-hydrogen) atoms. The van der Waals surface area contributed by atoms with Gasteiger partial charge in [0, 0.05) is 18.7 Å². The van der Waals surface area contributed by atoms with Gasteiger partial charge >= 0.3 is 0 Å². The Morgan fingerprint density at radius 1 is 1.33 bits per heavy atom. The van der Waals surface area contributed by atoms with Gasteiger partial charge in [0.25, 0.3) is 5.91 Å². The molecule has 7 nitrogen and oxygen atoms in total. The van der Waals surface area contributed by atoms with Gasteiger partial charge in [0.05, 0.1) is 12.7 Å². The molecular formula is C17H25N5O2. The van der Waals surface area contributed by atoms with Crippen LogP contribution in [0.5, 0.6) is 5.75 Å². The van der Waals surface area contributed by atoms with E-state index < -0.39 is 0 Å². The number of nitrogens with zero attached hydrogens (tertiary/aromatic N) is 3. The summed E-state index contributed by atoms with van der Waals surface area (Å²) in [5, 5.41) is 13.8. The van der Waals surface area contributed by atoms with E-state index in [4.69, 9.17) is 4.74 Å². The van der Waals surface area contributed by atoms with Gasteiger partial charge < -0.3 is 15.0 Å². The third-order valence-electron chi connectivity index (χ3n) is 4.67. The number of carbonyl (C=O) groups excluding carboxylic acids is 1. The lowest BCUT2D eigenvalue weighted by molar-refractivity contribution is 0.0914. The van der Waals surface area contributed by atoms with Gasteiger partial charge in [-0.25, -0.2) is 0 Å². The standard InChI is InChI=1S/C17H25N5O2/c1-3-22-8-6-4-5-7-12(11-22)18-17(23)13-9-14-15(20-21-19-14)10-16(13)24-2/h9-10,12H,3-8,11H2,1-2H3,(H,18,23)(H,19,20,21)/t12-/m1/s1. The van der Waals surface area contributed by atoms with Crippen molar-refractivity contribution in [3.8, 4) is 5.75 Å². The molecule has 0 radical (unpaired) electrons. The molecule has 3 rings (SSSR count).